The third-order valence-corrected chi connectivity index (χ3v) is 2.85. The van der Waals surface area contributed by atoms with E-state index in [1.165, 1.54) is 0 Å². The number of allylic oxidation sites excluding steroid dienone is 1. The Kier molecular flexibility index (Phi) is 4.56. The first-order valence-corrected chi connectivity index (χ1v) is 6.38. The molecule has 0 aliphatic rings. The lowest BCUT2D eigenvalue weighted by Gasteiger charge is -2.12. The Morgan fingerprint density at radius 2 is 1.90 bits per heavy atom. The average Bonchev–Trinajstić information content (AvgIpc) is 2.47. The highest BCUT2D eigenvalue weighted by Crippen LogP contribution is 2.26. The first-order valence-electron chi connectivity index (χ1n) is 6.38. The molecule has 2 rings (SSSR count). The first kappa shape index (κ1) is 13.9. The molecule has 0 saturated heterocycles. The molecule has 0 saturated carbocycles. The molecule has 1 N–H and O–H groups in total. The number of rotatable bonds is 5. The lowest BCUT2D eigenvalue weighted by molar-refractivity contribution is 0.0691. The molecule has 0 spiro atoms. The van der Waals surface area contributed by atoms with Gasteiger partial charge in [0.25, 0.3) is 0 Å². The summed E-state index contributed by atoms with van der Waals surface area (Å²) >= 11 is 0. The van der Waals surface area contributed by atoms with Crippen LogP contribution in [0.25, 0.3) is 6.08 Å². The predicted octanol–water partition coefficient (Wildman–Crippen LogP) is 4.00. The SMILES string of the molecule is C/C=C/c1cccc(C(=O)O)c1OCc1ccccc1. The van der Waals surface area contributed by atoms with E-state index in [1.807, 2.05) is 55.5 Å². The Hall–Kier alpha value is -2.55. The normalized spacial score (nSPS) is 10.7. The predicted molar refractivity (Wildman–Crippen MR) is 78.9 cm³/mol. The minimum absolute atomic E-state index is 0.177. The van der Waals surface area contributed by atoms with Crippen LogP contribution in [0.1, 0.15) is 28.4 Å². The quantitative estimate of drug-likeness (QED) is 0.891. The van der Waals surface area contributed by atoms with Crippen molar-refractivity contribution in [3.05, 3.63) is 71.3 Å². The van der Waals surface area contributed by atoms with Crippen molar-refractivity contribution in [2.45, 2.75) is 13.5 Å². The van der Waals surface area contributed by atoms with Gasteiger partial charge in [0.1, 0.15) is 17.9 Å². The molecular formula is C17H16O3. The molecule has 0 fully saturated rings. The van der Waals surface area contributed by atoms with Gasteiger partial charge in [0, 0.05) is 5.56 Å². The van der Waals surface area contributed by atoms with Crippen LogP contribution in [0.2, 0.25) is 0 Å². The van der Waals surface area contributed by atoms with Crippen LogP contribution in [0.5, 0.6) is 5.75 Å². The lowest BCUT2D eigenvalue weighted by Crippen LogP contribution is -2.05. The summed E-state index contributed by atoms with van der Waals surface area (Å²) in [4.78, 5) is 11.3. The zero-order valence-corrected chi connectivity index (χ0v) is 11.2. The minimum atomic E-state index is -0.987. The molecule has 3 nitrogen and oxygen atoms in total. The van der Waals surface area contributed by atoms with Gasteiger partial charge in [-0.3, -0.25) is 0 Å². The van der Waals surface area contributed by atoms with Crippen LogP contribution in [0.15, 0.2) is 54.6 Å². The van der Waals surface area contributed by atoms with Crippen LogP contribution < -0.4 is 4.74 Å². The minimum Gasteiger partial charge on any atom is -0.487 e. The van der Waals surface area contributed by atoms with E-state index in [9.17, 15) is 9.90 Å². The van der Waals surface area contributed by atoms with E-state index in [0.717, 1.165) is 11.1 Å². The largest absolute Gasteiger partial charge is 0.487 e. The van der Waals surface area contributed by atoms with Crippen molar-refractivity contribution in [2.24, 2.45) is 0 Å². The molecule has 0 unspecified atom stereocenters. The Morgan fingerprint density at radius 3 is 2.55 bits per heavy atom. The molecule has 0 bridgehead atoms. The second-order valence-corrected chi connectivity index (χ2v) is 4.30. The summed E-state index contributed by atoms with van der Waals surface area (Å²) < 4.78 is 5.74. The molecule has 0 aromatic heterocycles. The summed E-state index contributed by atoms with van der Waals surface area (Å²) in [6, 6.07) is 14.8. The molecule has 0 amide bonds. The van der Waals surface area contributed by atoms with Crippen molar-refractivity contribution in [3.63, 3.8) is 0 Å². The highest BCUT2D eigenvalue weighted by molar-refractivity contribution is 5.92. The third kappa shape index (κ3) is 3.26. The van der Waals surface area contributed by atoms with Crippen molar-refractivity contribution in [1.82, 2.24) is 0 Å². The zero-order chi connectivity index (χ0) is 14.4. The third-order valence-electron chi connectivity index (χ3n) is 2.85. The fourth-order valence-corrected chi connectivity index (χ4v) is 1.92. The van der Waals surface area contributed by atoms with Crippen LogP contribution in [-0.4, -0.2) is 11.1 Å². The highest BCUT2D eigenvalue weighted by atomic mass is 16.5. The fourth-order valence-electron chi connectivity index (χ4n) is 1.92. The number of aromatic carboxylic acids is 1. The number of hydrogen-bond acceptors (Lipinski definition) is 2. The van der Waals surface area contributed by atoms with Crippen LogP contribution >= 0.6 is 0 Å². The second kappa shape index (κ2) is 6.57. The zero-order valence-electron chi connectivity index (χ0n) is 11.2. The molecule has 2 aromatic rings. The molecule has 0 radical (unpaired) electrons. The number of para-hydroxylation sites is 1. The van der Waals surface area contributed by atoms with Crippen molar-refractivity contribution < 1.29 is 14.6 Å². The topological polar surface area (TPSA) is 46.5 Å². The van der Waals surface area contributed by atoms with Gasteiger partial charge in [0.05, 0.1) is 0 Å². The van der Waals surface area contributed by atoms with Crippen LogP contribution in [-0.2, 0) is 6.61 Å². The Labute approximate surface area is 118 Å². The summed E-state index contributed by atoms with van der Waals surface area (Å²) in [5.41, 5.74) is 1.94. The fraction of sp³-hybridized carbons (Fsp3) is 0.118. The summed E-state index contributed by atoms with van der Waals surface area (Å²) in [6.07, 6.45) is 3.70. The number of carboxylic acids is 1. The molecule has 0 atom stereocenters. The maximum atomic E-state index is 11.3. The van der Waals surface area contributed by atoms with Crippen LogP contribution in [0.4, 0.5) is 0 Å². The van der Waals surface area contributed by atoms with Gasteiger partial charge < -0.3 is 9.84 Å². The molecule has 2 aromatic carbocycles. The van der Waals surface area contributed by atoms with Gasteiger partial charge >= 0.3 is 5.97 Å². The number of benzene rings is 2. The number of carboxylic acid groups (broad SMARTS) is 1. The van der Waals surface area contributed by atoms with Gasteiger partial charge in [-0.15, -0.1) is 0 Å². The van der Waals surface area contributed by atoms with E-state index in [4.69, 9.17) is 4.74 Å². The Bertz CT molecular complexity index is 615. The molecule has 0 heterocycles. The van der Waals surface area contributed by atoms with Crippen molar-refractivity contribution in [3.8, 4) is 5.75 Å². The average molecular weight is 268 g/mol. The van der Waals surface area contributed by atoms with Gasteiger partial charge in [0.15, 0.2) is 0 Å². The summed E-state index contributed by atoms with van der Waals surface area (Å²) in [5.74, 6) is -0.582. The van der Waals surface area contributed by atoms with Gasteiger partial charge in [-0.05, 0) is 18.6 Å². The number of hydrogen-bond donors (Lipinski definition) is 1. The summed E-state index contributed by atoms with van der Waals surface area (Å²) in [7, 11) is 0. The summed E-state index contributed by atoms with van der Waals surface area (Å²) in [5, 5.41) is 9.25. The van der Waals surface area contributed by atoms with E-state index in [1.54, 1.807) is 12.1 Å². The highest BCUT2D eigenvalue weighted by Gasteiger charge is 2.14. The lowest BCUT2D eigenvalue weighted by atomic mass is 10.1. The number of carbonyl (C=O) groups is 1. The van der Waals surface area contributed by atoms with E-state index in [0.29, 0.717) is 12.4 Å². The van der Waals surface area contributed by atoms with Gasteiger partial charge in [0.2, 0.25) is 0 Å². The smallest absolute Gasteiger partial charge is 0.339 e. The Morgan fingerprint density at radius 1 is 1.15 bits per heavy atom. The van der Waals surface area contributed by atoms with E-state index in [-0.39, 0.29) is 5.56 Å². The van der Waals surface area contributed by atoms with Gasteiger partial charge in [-0.2, -0.15) is 0 Å². The molecule has 0 aliphatic heterocycles. The van der Waals surface area contributed by atoms with Crippen molar-refractivity contribution >= 4 is 12.0 Å². The second-order valence-electron chi connectivity index (χ2n) is 4.30. The maximum absolute atomic E-state index is 11.3. The van der Waals surface area contributed by atoms with Gasteiger partial charge in [-0.25, -0.2) is 4.79 Å². The summed E-state index contributed by atoms with van der Waals surface area (Å²) in [6.45, 7) is 2.23. The van der Waals surface area contributed by atoms with Crippen molar-refractivity contribution in [1.29, 1.82) is 0 Å². The van der Waals surface area contributed by atoms with Gasteiger partial charge in [-0.1, -0.05) is 54.6 Å². The molecule has 102 valence electrons. The monoisotopic (exact) mass is 268 g/mol. The molecule has 0 aliphatic carbocycles. The van der Waals surface area contributed by atoms with E-state index >= 15 is 0 Å². The first-order chi connectivity index (χ1) is 9.72. The standard InChI is InChI=1S/C17H16O3/c1-2-7-14-10-6-11-15(17(18)19)16(14)20-12-13-8-4-3-5-9-13/h2-11H,12H2,1H3,(H,18,19)/b7-2+. The van der Waals surface area contributed by atoms with Crippen molar-refractivity contribution in [2.75, 3.05) is 0 Å². The molecule has 20 heavy (non-hydrogen) atoms. The molecular weight excluding hydrogens is 252 g/mol. The Balaban J connectivity index is 2.30. The van der Waals surface area contributed by atoms with E-state index in [2.05, 4.69) is 0 Å². The van der Waals surface area contributed by atoms with Crippen LogP contribution in [0, 0.1) is 0 Å². The van der Waals surface area contributed by atoms with Crippen LogP contribution in [0.3, 0.4) is 0 Å². The molecule has 3 heteroatoms. The van der Waals surface area contributed by atoms with E-state index < -0.39 is 5.97 Å². The number of ether oxygens (including phenoxy) is 1. The maximum Gasteiger partial charge on any atom is 0.339 e.